The highest BCUT2D eigenvalue weighted by molar-refractivity contribution is 14.1. The minimum absolute atomic E-state index is 0.163. The maximum Gasteiger partial charge on any atom is 0.348 e. The number of phenols is 1. The second-order valence-electron chi connectivity index (χ2n) is 4.94. The van der Waals surface area contributed by atoms with Crippen LogP contribution in [0.1, 0.15) is 17.4 Å². The van der Waals surface area contributed by atoms with Crippen molar-refractivity contribution in [2.45, 2.75) is 6.29 Å². The summed E-state index contributed by atoms with van der Waals surface area (Å²) in [5, 5.41) is 9.78. The molecule has 0 aliphatic carbocycles. The summed E-state index contributed by atoms with van der Waals surface area (Å²) in [6.45, 7) is 0. The van der Waals surface area contributed by atoms with Gasteiger partial charge in [-0.2, -0.15) is 0 Å². The highest BCUT2D eigenvalue weighted by atomic mass is 127. The summed E-state index contributed by atoms with van der Waals surface area (Å²) in [6.07, 6.45) is 0.360. The van der Waals surface area contributed by atoms with Crippen molar-refractivity contribution in [1.29, 1.82) is 0 Å². The predicted octanol–water partition coefficient (Wildman–Crippen LogP) is 3.78. The van der Waals surface area contributed by atoms with Crippen LogP contribution in [0.4, 0.5) is 0 Å². The largest absolute Gasteiger partial charge is 0.506 e. The van der Waals surface area contributed by atoms with Crippen molar-refractivity contribution in [3.05, 3.63) is 66.3 Å². The molecule has 1 saturated heterocycles. The number of hydrogen-bond acceptors (Lipinski definition) is 5. The minimum atomic E-state index is -1.04. The summed E-state index contributed by atoms with van der Waals surface area (Å²) in [7, 11) is 0. The van der Waals surface area contributed by atoms with E-state index in [2.05, 4.69) is 0 Å². The van der Waals surface area contributed by atoms with Crippen molar-refractivity contribution in [1.82, 2.24) is 0 Å². The molecule has 0 saturated carbocycles. The Balaban J connectivity index is 1.88. The molecule has 2 aromatic rings. The van der Waals surface area contributed by atoms with Crippen LogP contribution in [0.25, 0.3) is 6.08 Å². The lowest BCUT2D eigenvalue weighted by molar-refractivity contribution is -0.195. The van der Waals surface area contributed by atoms with Crippen LogP contribution in [0.5, 0.6) is 5.75 Å². The summed E-state index contributed by atoms with van der Waals surface area (Å²) < 4.78 is 11.7. The molecule has 3 rings (SSSR count). The molecule has 0 bridgehead atoms. The van der Waals surface area contributed by atoms with Gasteiger partial charge in [0, 0.05) is 5.56 Å². The molecule has 0 amide bonds. The van der Waals surface area contributed by atoms with Crippen LogP contribution in [0, 0.1) is 7.14 Å². The van der Waals surface area contributed by atoms with Gasteiger partial charge in [-0.25, -0.2) is 9.59 Å². The Morgan fingerprint density at radius 1 is 0.958 bits per heavy atom. The third-order valence-corrected chi connectivity index (χ3v) is 4.93. The molecule has 122 valence electrons. The molecule has 2 aromatic carbocycles. The summed E-state index contributed by atoms with van der Waals surface area (Å²) in [4.78, 5) is 24.4. The lowest BCUT2D eigenvalue weighted by atomic mass is 10.1. The van der Waals surface area contributed by atoms with Crippen LogP contribution < -0.4 is 0 Å². The van der Waals surface area contributed by atoms with Crippen LogP contribution in [0.2, 0.25) is 0 Å². The number of benzene rings is 2. The van der Waals surface area contributed by atoms with E-state index in [0.29, 0.717) is 18.3 Å². The third kappa shape index (κ3) is 3.56. The third-order valence-electron chi connectivity index (χ3n) is 3.29. The number of phenolic OH excluding ortho intramolecular Hbond substituents is 1. The van der Waals surface area contributed by atoms with Crippen LogP contribution in [0.3, 0.4) is 0 Å². The quantitative estimate of drug-likeness (QED) is 0.268. The standard InChI is InChI=1S/C17H10I2O5/c18-12-7-9(8-13(19)14(12)20)6-11-15(21)23-17(24-16(11)22)10-4-2-1-3-5-10/h1-8,17,20H. The first-order chi connectivity index (χ1) is 11.5. The molecule has 1 N–H and O–H groups in total. The Bertz CT molecular complexity index is 802. The van der Waals surface area contributed by atoms with Gasteiger partial charge in [-0.05, 0) is 69.0 Å². The zero-order chi connectivity index (χ0) is 17.3. The SMILES string of the molecule is O=C1OC(c2ccccc2)OC(=O)C1=Cc1cc(I)c(O)c(I)c1. The van der Waals surface area contributed by atoms with Gasteiger partial charge >= 0.3 is 11.9 Å². The summed E-state index contributed by atoms with van der Waals surface area (Å²) in [6, 6.07) is 12.1. The molecule has 0 atom stereocenters. The fourth-order valence-corrected chi connectivity index (χ4v) is 3.94. The number of carbonyl (C=O) groups excluding carboxylic acids is 2. The van der Waals surface area contributed by atoms with Gasteiger partial charge in [-0.1, -0.05) is 30.3 Å². The van der Waals surface area contributed by atoms with E-state index in [-0.39, 0.29) is 11.3 Å². The molecular weight excluding hydrogens is 538 g/mol. The van der Waals surface area contributed by atoms with Gasteiger partial charge in [0.1, 0.15) is 11.3 Å². The number of carbonyl (C=O) groups is 2. The molecule has 0 radical (unpaired) electrons. The van der Waals surface area contributed by atoms with Crippen molar-refractivity contribution < 1.29 is 24.2 Å². The van der Waals surface area contributed by atoms with Crippen molar-refractivity contribution in [2.24, 2.45) is 0 Å². The van der Waals surface area contributed by atoms with E-state index >= 15 is 0 Å². The van der Waals surface area contributed by atoms with Crippen molar-refractivity contribution in [2.75, 3.05) is 0 Å². The summed E-state index contributed by atoms with van der Waals surface area (Å²) in [5.74, 6) is -1.31. The molecule has 1 aliphatic rings. The number of aromatic hydroxyl groups is 1. The molecule has 24 heavy (non-hydrogen) atoms. The van der Waals surface area contributed by atoms with Crippen LogP contribution in [0.15, 0.2) is 48.0 Å². The second-order valence-corrected chi connectivity index (χ2v) is 7.27. The van der Waals surface area contributed by atoms with Crippen molar-refractivity contribution >= 4 is 63.2 Å². The Labute approximate surface area is 164 Å². The van der Waals surface area contributed by atoms with E-state index in [4.69, 9.17) is 9.47 Å². The molecule has 5 nitrogen and oxygen atoms in total. The van der Waals surface area contributed by atoms with Gasteiger partial charge in [-0.15, -0.1) is 0 Å². The fourth-order valence-electron chi connectivity index (χ4n) is 2.13. The summed E-state index contributed by atoms with van der Waals surface area (Å²) in [5.41, 5.74) is 1.01. The Morgan fingerprint density at radius 2 is 1.50 bits per heavy atom. The molecular formula is C17H10I2O5. The highest BCUT2D eigenvalue weighted by Crippen LogP contribution is 2.30. The maximum absolute atomic E-state index is 12.2. The zero-order valence-corrected chi connectivity index (χ0v) is 16.3. The highest BCUT2D eigenvalue weighted by Gasteiger charge is 2.34. The molecule has 0 aromatic heterocycles. The number of ether oxygens (including phenoxy) is 2. The molecule has 7 heteroatoms. The zero-order valence-electron chi connectivity index (χ0n) is 12.0. The van der Waals surface area contributed by atoms with Gasteiger partial charge in [0.05, 0.1) is 7.14 Å². The van der Waals surface area contributed by atoms with E-state index in [0.717, 1.165) is 0 Å². The number of esters is 2. The summed E-state index contributed by atoms with van der Waals surface area (Å²) >= 11 is 3.95. The van der Waals surface area contributed by atoms with Gasteiger partial charge in [-0.3, -0.25) is 0 Å². The lowest BCUT2D eigenvalue weighted by Crippen LogP contribution is -2.29. The second kappa shape index (κ2) is 7.09. The Kier molecular flexibility index (Phi) is 5.09. The van der Waals surface area contributed by atoms with Gasteiger partial charge in [0.25, 0.3) is 6.29 Å². The van der Waals surface area contributed by atoms with E-state index in [9.17, 15) is 14.7 Å². The van der Waals surface area contributed by atoms with Crippen molar-refractivity contribution in [3.8, 4) is 5.75 Å². The minimum Gasteiger partial charge on any atom is -0.506 e. The molecule has 1 aliphatic heterocycles. The smallest absolute Gasteiger partial charge is 0.348 e. The van der Waals surface area contributed by atoms with Crippen molar-refractivity contribution in [3.63, 3.8) is 0 Å². The van der Waals surface area contributed by atoms with E-state index < -0.39 is 18.2 Å². The first-order valence-corrected chi connectivity index (χ1v) is 8.98. The number of rotatable bonds is 2. The lowest BCUT2D eigenvalue weighted by Gasteiger charge is -2.24. The average Bonchev–Trinajstić information content (AvgIpc) is 2.56. The Hall–Kier alpha value is -1.62. The number of halogens is 2. The molecule has 0 spiro atoms. The topological polar surface area (TPSA) is 72.8 Å². The average molecular weight is 548 g/mol. The first kappa shape index (κ1) is 17.2. The van der Waals surface area contributed by atoms with E-state index in [1.165, 1.54) is 6.08 Å². The van der Waals surface area contributed by atoms with E-state index in [1.54, 1.807) is 36.4 Å². The Morgan fingerprint density at radius 3 is 2.04 bits per heavy atom. The fraction of sp³-hybridized carbons (Fsp3) is 0.0588. The van der Waals surface area contributed by atoms with E-state index in [1.807, 2.05) is 51.2 Å². The van der Waals surface area contributed by atoms with Gasteiger partial charge < -0.3 is 14.6 Å². The van der Waals surface area contributed by atoms with Crippen LogP contribution in [-0.4, -0.2) is 17.0 Å². The van der Waals surface area contributed by atoms with Crippen LogP contribution >= 0.6 is 45.2 Å². The normalized spacial score (nSPS) is 17.2. The first-order valence-electron chi connectivity index (χ1n) is 6.82. The van der Waals surface area contributed by atoms with Crippen LogP contribution in [-0.2, 0) is 19.1 Å². The maximum atomic E-state index is 12.2. The molecule has 1 fully saturated rings. The number of cyclic esters (lactones) is 2. The number of hydrogen-bond donors (Lipinski definition) is 1. The molecule has 0 unspecified atom stereocenters. The monoisotopic (exact) mass is 548 g/mol. The predicted molar refractivity (Wildman–Crippen MR) is 103 cm³/mol. The molecule has 1 heterocycles. The van der Waals surface area contributed by atoms with Gasteiger partial charge in [0.15, 0.2) is 0 Å². The van der Waals surface area contributed by atoms with Gasteiger partial charge in [0.2, 0.25) is 0 Å².